The van der Waals surface area contributed by atoms with Crippen LogP contribution in [0.1, 0.15) is 35.6 Å². The summed E-state index contributed by atoms with van der Waals surface area (Å²) in [5, 5.41) is 9.35. The second-order valence-corrected chi connectivity index (χ2v) is 14.5. The van der Waals surface area contributed by atoms with Gasteiger partial charge in [0.25, 0.3) is 0 Å². The highest BCUT2D eigenvalue weighted by molar-refractivity contribution is 7.22. The molecule has 5 amide bonds. The Bertz CT molecular complexity index is 2170. The SMILES string of the molecule is CCCN(C(=O)NCc1ccc(F)cc1)N1CC(=O)N2[C@@H](Cc3ccc(NC(=O)OCc4ccccc4)cc3)C(=O)N(Cc3cccc4sc(N)nc34)C[C@@H]21. The molecule has 2 fully saturated rings. The largest absolute Gasteiger partial charge is 0.444 e. The van der Waals surface area contributed by atoms with Crippen molar-refractivity contribution in [2.45, 2.75) is 51.7 Å². The third-order valence-electron chi connectivity index (χ3n) is 9.63. The van der Waals surface area contributed by atoms with Crippen molar-refractivity contribution in [2.75, 3.05) is 30.7 Å². The standard InChI is InChI=1S/C40H41FN8O5S/c1-2-19-47(39(52)43-21-27-11-15-30(41)16-12-27)48-24-35(50)49-32(20-26-13-17-31(18-14-26)44-40(53)54-25-28-7-4-3-5-8-28)37(51)46(23-34(48)49)22-29-9-6-10-33-36(29)45-38(42)55-33/h3-18,32,34H,2,19-25H2,1H3,(H2,42,45)(H,43,52)(H,44,53)/t32-,34+/m0/s1. The van der Waals surface area contributed by atoms with Crippen molar-refractivity contribution >= 4 is 56.3 Å². The maximum absolute atomic E-state index is 14.5. The van der Waals surface area contributed by atoms with Gasteiger partial charge in [-0.15, -0.1) is 0 Å². The van der Waals surface area contributed by atoms with Gasteiger partial charge in [0.2, 0.25) is 11.8 Å². The van der Waals surface area contributed by atoms with E-state index in [-0.39, 0.29) is 56.8 Å². The van der Waals surface area contributed by atoms with Crippen molar-refractivity contribution < 1.29 is 28.3 Å². The normalized spacial score (nSPS) is 17.0. The number of hydrogen-bond acceptors (Lipinski definition) is 9. The zero-order chi connectivity index (χ0) is 38.5. The number of thiazole rings is 1. The molecule has 2 atom stereocenters. The van der Waals surface area contributed by atoms with Gasteiger partial charge in [-0.3, -0.25) is 19.9 Å². The van der Waals surface area contributed by atoms with Crippen molar-refractivity contribution in [3.05, 3.63) is 125 Å². The number of carbonyl (C=O) groups is 4. The van der Waals surface area contributed by atoms with E-state index in [1.807, 2.05) is 55.5 Å². The minimum absolute atomic E-state index is 0.0988. The molecule has 0 saturated carbocycles. The number of hydrogen-bond donors (Lipinski definition) is 3. The van der Waals surface area contributed by atoms with E-state index in [2.05, 4.69) is 15.6 Å². The Labute approximate surface area is 321 Å². The van der Waals surface area contributed by atoms with Crippen LogP contribution in [0.25, 0.3) is 10.2 Å². The zero-order valence-corrected chi connectivity index (χ0v) is 31.0. The number of nitrogen functional groups attached to an aromatic ring is 1. The number of amides is 5. The van der Waals surface area contributed by atoms with Gasteiger partial charge in [0.1, 0.15) is 24.6 Å². The van der Waals surface area contributed by atoms with E-state index < -0.39 is 24.3 Å². The molecule has 0 radical (unpaired) electrons. The number of nitrogens with two attached hydrogens (primary N) is 1. The molecule has 55 heavy (non-hydrogen) atoms. The first-order valence-corrected chi connectivity index (χ1v) is 18.9. The second kappa shape index (κ2) is 16.5. The highest BCUT2D eigenvalue weighted by atomic mass is 32.1. The smallest absolute Gasteiger partial charge is 0.411 e. The predicted molar refractivity (Wildman–Crippen MR) is 207 cm³/mol. The molecular weight excluding hydrogens is 724 g/mol. The predicted octanol–water partition coefficient (Wildman–Crippen LogP) is 5.73. The van der Waals surface area contributed by atoms with E-state index in [0.29, 0.717) is 29.3 Å². The third-order valence-corrected chi connectivity index (χ3v) is 10.5. The molecule has 0 spiro atoms. The van der Waals surface area contributed by atoms with E-state index in [0.717, 1.165) is 27.0 Å². The minimum Gasteiger partial charge on any atom is -0.444 e. The molecule has 0 unspecified atom stereocenters. The number of carbonyl (C=O) groups excluding carboxylic acids is 4. The Morgan fingerprint density at radius 3 is 2.45 bits per heavy atom. The van der Waals surface area contributed by atoms with Gasteiger partial charge in [0.15, 0.2) is 5.13 Å². The van der Waals surface area contributed by atoms with E-state index in [1.54, 1.807) is 51.2 Å². The third kappa shape index (κ3) is 8.53. The van der Waals surface area contributed by atoms with E-state index in [1.165, 1.54) is 28.5 Å². The van der Waals surface area contributed by atoms with Gasteiger partial charge in [-0.2, -0.15) is 5.01 Å². The van der Waals surface area contributed by atoms with Crippen LogP contribution in [0.2, 0.25) is 0 Å². The number of ether oxygens (including phenoxy) is 1. The number of rotatable bonds is 12. The van der Waals surface area contributed by atoms with Gasteiger partial charge in [0.05, 0.1) is 23.3 Å². The first-order chi connectivity index (χ1) is 26.7. The fourth-order valence-corrected chi connectivity index (χ4v) is 7.78. The van der Waals surface area contributed by atoms with Crippen LogP contribution in [-0.2, 0) is 40.4 Å². The van der Waals surface area contributed by atoms with Gasteiger partial charge >= 0.3 is 12.1 Å². The van der Waals surface area contributed by atoms with E-state index in [9.17, 15) is 23.6 Å². The van der Waals surface area contributed by atoms with E-state index >= 15 is 0 Å². The number of aromatic nitrogens is 1. The van der Waals surface area contributed by atoms with Crippen LogP contribution in [0, 0.1) is 5.82 Å². The molecule has 4 aromatic carbocycles. The van der Waals surface area contributed by atoms with Crippen LogP contribution in [0.3, 0.4) is 0 Å². The Morgan fingerprint density at radius 2 is 1.71 bits per heavy atom. The molecule has 1 aromatic heterocycles. The number of fused-ring (bicyclic) bond motifs is 2. The van der Waals surface area contributed by atoms with Crippen LogP contribution in [0.15, 0.2) is 97.1 Å². The number of anilines is 2. The summed E-state index contributed by atoms with van der Waals surface area (Å²) in [7, 11) is 0. The Hall–Kier alpha value is -6.06. The Kier molecular flexibility index (Phi) is 11.2. The molecule has 4 N–H and O–H groups in total. The highest BCUT2D eigenvalue weighted by Gasteiger charge is 2.52. The summed E-state index contributed by atoms with van der Waals surface area (Å²) in [5.41, 5.74) is 10.5. The Balaban J connectivity index is 1.12. The van der Waals surface area contributed by atoms with Crippen LogP contribution in [0.4, 0.5) is 24.8 Å². The van der Waals surface area contributed by atoms with Crippen molar-refractivity contribution in [1.29, 1.82) is 0 Å². The molecule has 7 rings (SSSR count). The molecule has 0 bridgehead atoms. The summed E-state index contributed by atoms with van der Waals surface area (Å²) in [6, 6.07) is 26.8. The van der Waals surface area contributed by atoms with Gasteiger partial charge in [-0.1, -0.05) is 85.0 Å². The van der Waals surface area contributed by atoms with E-state index in [4.69, 9.17) is 10.5 Å². The number of nitrogens with one attached hydrogen (secondary N) is 2. The van der Waals surface area contributed by atoms with Crippen LogP contribution < -0.4 is 16.4 Å². The van der Waals surface area contributed by atoms with Crippen LogP contribution in [-0.4, -0.2) is 80.6 Å². The fourth-order valence-electron chi connectivity index (χ4n) is 7.00. The molecular formula is C40H41FN8O5S. The number of halogens is 1. The maximum atomic E-state index is 14.5. The molecule has 284 valence electrons. The summed E-state index contributed by atoms with van der Waals surface area (Å²) >= 11 is 1.37. The average Bonchev–Trinajstić information content (AvgIpc) is 3.74. The molecule has 3 heterocycles. The molecule has 5 aromatic rings. The minimum atomic E-state index is -0.878. The monoisotopic (exact) mass is 764 g/mol. The van der Waals surface area contributed by atoms with Gasteiger partial charge in [0, 0.05) is 31.7 Å². The number of para-hydroxylation sites is 1. The summed E-state index contributed by atoms with van der Waals surface area (Å²) in [4.78, 5) is 62.5. The van der Waals surface area contributed by atoms with Crippen molar-refractivity contribution in [3.63, 3.8) is 0 Å². The molecule has 15 heteroatoms. The van der Waals surface area contributed by atoms with Crippen molar-refractivity contribution in [3.8, 4) is 0 Å². The molecule has 2 aliphatic rings. The van der Waals surface area contributed by atoms with Gasteiger partial charge in [-0.05, 0) is 59.0 Å². The Morgan fingerprint density at radius 1 is 0.964 bits per heavy atom. The first kappa shape index (κ1) is 37.3. The lowest BCUT2D eigenvalue weighted by Crippen LogP contribution is -2.66. The zero-order valence-electron chi connectivity index (χ0n) is 30.2. The lowest BCUT2D eigenvalue weighted by molar-refractivity contribution is -0.157. The van der Waals surface area contributed by atoms with Gasteiger partial charge < -0.3 is 25.6 Å². The lowest BCUT2D eigenvalue weighted by Gasteiger charge is -2.46. The van der Waals surface area contributed by atoms with Gasteiger partial charge in [-0.25, -0.2) is 19.0 Å². The number of benzene rings is 4. The molecule has 13 nitrogen and oxygen atoms in total. The molecule has 0 aliphatic carbocycles. The van der Waals surface area contributed by atoms with Crippen molar-refractivity contribution in [1.82, 2.24) is 30.1 Å². The topological polar surface area (TPSA) is 153 Å². The lowest BCUT2D eigenvalue weighted by atomic mass is 9.99. The summed E-state index contributed by atoms with van der Waals surface area (Å²) in [6.45, 7) is 2.83. The van der Waals surface area contributed by atoms with Crippen LogP contribution >= 0.6 is 11.3 Å². The fraction of sp³-hybridized carbons (Fsp3) is 0.275. The summed E-state index contributed by atoms with van der Waals surface area (Å²) < 4.78 is 19.7. The number of piperazine rings is 1. The molecule has 2 aliphatic heterocycles. The average molecular weight is 765 g/mol. The van der Waals surface area contributed by atoms with Crippen LogP contribution in [0.5, 0.6) is 0 Å². The first-order valence-electron chi connectivity index (χ1n) is 18.0. The quantitative estimate of drug-likeness (QED) is 0.146. The summed E-state index contributed by atoms with van der Waals surface area (Å²) in [5.74, 6) is -0.879. The molecule has 2 saturated heterocycles. The number of hydrazine groups is 1. The highest BCUT2D eigenvalue weighted by Crippen LogP contribution is 2.32. The van der Waals surface area contributed by atoms with Crippen molar-refractivity contribution in [2.24, 2.45) is 0 Å². The maximum Gasteiger partial charge on any atom is 0.411 e. The number of urea groups is 1. The second-order valence-electron chi connectivity index (χ2n) is 13.4. The number of nitrogens with zero attached hydrogens (tertiary/aromatic N) is 5. The summed E-state index contributed by atoms with van der Waals surface area (Å²) in [6.07, 6.45) is -0.433.